The number of aryl methyl sites for hydroxylation is 1. The maximum Gasteiger partial charge on any atom is 0.284 e. The van der Waals surface area contributed by atoms with E-state index >= 15 is 0 Å². The van der Waals surface area contributed by atoms with Crippen LogP contribution in [0.3, 0.4) is 0 Å². The molecule has 1 saturated heterocycles. The third-order valence-electron chi connectivity index (χ3n) is 8.04. The molecular weight excluding hydrogens is 573 g/mol. The number of hydrogen-bond donors (Lipinski definition) is 2. The Bertz CT molecular complexity index is 1930. The van der Waals surface area contributed by atoms with Gasteiger partial charge in [-0.05, 0) is 80.0 Å². The van der Waals surface area contributed by atoms with Crippen molar-refractivity contribution in [2.24, 2.45) is 0 Å². The van der Waals surface area contributed by atoms with Crippen molar-refractivity contribution in [2.45, 2.75) is 25.8 Å². The number of ether oxygens (including phenoxy) is 3. The number of nitrogens with zero attached hydrogens (tertiary/aromatic N) is 3. The van der Waals surface area contributed by atoms with Gasteiger partial charge in [0.05, 0.1) is 31.1 Å². The topological polar surface area (TPSA) is 97.8 Å². The van der Waals surface area contributed by atoms with E-state index in [1.807, 2.05) is 67.4 Å². The molecule has 9 nitrogen and oxygen atoms in total. The van der Waals surface area contributed by atoms with Gasteiger partial charge in [-0.1, -0.05) is 30.3 Å². The van der Waals surface area contributed by atoms with Gasteiger partial charge in [0.1, 0.15) is 35.1 Å². The molecule has 1 aliphatic rings. The van der Waals surface area contributed by atoms with Gasteiger partial charge in [-0.3, -0.25) is 9.69 Å². The number of halogens is 1. The number of aromatic nitrogens is 2. The molecule has 4 aromatic carbocycles. The smallest absolute Gasteiger partial charge is 0.284 e. The van der Waals surface area contributed by atoms with Crippen LogP contribution >= 0.6 is 0 Å². The van der Waals surface area contributed by atoms with Crippen LogP contribution in [-0.2, 0) is 4.79 Å². The third-order valence-corrected chi connectivity index (χ3v) is 8.04. The Hall–Kier alpha value is -5.22. The van der Waals surface area contributed by atoms with Crippen molar-refractivity contribution in [3.63, 3.8) is 0 Å². The zero-order chi connectivity index (χ0) is 31.5. The predicted molar refractivity (Wildman–Crippen MR) is 175 cm³/mol. The van der Waals surface area contributed by atoms with Gasteiger partial charge in [-0.15, -0.1) is 0 Å². The van der Waals surface area contributed by atoms with E-state index in [2.05, 4.69) is 26.7 Å². The summed E-state index contributed by atoms with van der Waals surface area (Å²) in [5.74, 6) is 1.01. The molecule has 1 aliphatic heterocycles. The fourth-order valence-electron chi connectivity index (χ4n) is 5.55. The molecule has 2 N–H and O–H groups in total. The highest BCUT2D eigenvalue weighted by atomic mass is 19.1. The van der Waals surface area contributed by atoms with Crippen LogP contribution in [0.1, 0.15) is 18.4 Å². The Labute approximate surface area is 260 Å². The third kappa shape index (κ3) is 6.37. The van der Waals surface area contributed by atoms with Gasteiger partial charge in [-0.25, -0.2) is 14.4 Å². The van der Waals surface area contributed by atoms with Crippen LogP contribution in [0.2, 0.25) is 0 Å². The molecule has 0 saturated carbocycles. The van der Waals surface area contributed by atoms with E-state index in [1.165, 1.54) is 19.5 Å². The predicted octanol–water partition coefficient (Wildman–Crippen LogP) is 7.53. The number of amides is 1. The first-order valence-electron chi connectivity index (χ1n) is 14.7. The van der Waals surface area contributed by atoms with Crippen molar-refractivity contribution >= 4 is 44.8 Å². The van der Waals surface area contributed by atoms with E-state index in [1.54, 1.807) is 19.2 Å². The fraction of sp³-hybridized carbons (Fsp3) is 0.229. The van der Waals surface area contributed by atoms with Crippen LogP contribution in [0.15, 0.2) is 85.0 Å². The highest BCUT2D eigenvalue weighted by molar-refractivity contribution is 6.05. The molecule has 1 fully saturated rings. The van der Waals surface area contributed by atoms with Crippen LogP contribution in [-0.4, -0.2) is 54.6 Å². The van der Waals surface area contributed by atoms with Crippen molar-refractivity contribution in [2.75, 3.05) is 38.4 Å². The zero-order valence-electron chi connectivity index (χ0n) is 25.6. The summed E-state index contributed by atoms with van der Waals surface area (Å²) in [5, 5.41) is 8.80. The lowest BCUT2D eigenvalue weighted by atomic mass is 10.1. The molecule has 1 amide bonds. The quantitative estimate of drug-likeness (QED) is 0.166. The first kappa shape index (κ1) is 29.8. The molecule has 5 aromatic rings. The van der Waals surface area contributed by atoms with Crippen molar-refractivity contribution in [1.82, 2.24) is 14.9 Å². The Morgan fingerprint density at radius 2 is 1.73 bits per heavy atom. The van der Waals surface area contributed by atoms with Gasteiger partial charge in [0.25, 0.3) is 5.91 Å². The second kappa shape index (κ2) is 12.8. The Morgan fingerprint density at radius 1 is 0.956 bits per heavy atom. The number of nitrogens with one attached hydrogen (secondary N) is 2. The van der Waals surface area contributed by atoms with Gasteiger partial charge in [0.15, 0.2) is 5.83 Å². The first-order chi connectivity index (χ1) is 21.8. The maximum atomic E-state index is 14.9. The average molecular weight is 608 g/mol. The van der Waals surface area contributed by atoms with Crippen LogP contribution in [0.25, 0.3) is 21.7 Å². The van der Waals surface area contributed by atoms with Gasteiger partial charge in [0.2, 0.25) is 0 Å². The van der Waals surface area contributed by atoms with Crippen molar-refractivity contribution in [1.29, 1.82) is 0 Å². The number of anilines is 3. The minimum absolute atomic E-state index is 0.110. The molecule has 45 heavy (non-hydrogen) atoms. The van der Waals surface area contributed by atoms with E-state index in [9.17, 15) is 9.18 Å². The minimum atomic E-state index is -0.849. The number of likely N-dealkylation sites (tertiary alicyclic amines) is 1. The summed E-state index contributed by atoms with van der Waals surface area (Å²) >= 11 is 0. The summed E-state index contributed by atoms with van der Waals surface area (Å²) in [6, 6.07) is 21.0. The lowest BCUT2D eigenvalue weighted by Gasteiger charge is -2.17. The van der Waals surface area contributed by atoms with Crippen LogP contribution < -0.4 is 24.8 Å². The summed E-state index contributed by atoms with van der Waals surface area (Å²) in [6.07, 6.45) is 4.57. The molecule has 0 aliphatic carbocycles. The average Bonchev–Trinajstić information content (AvgIpc) is 3.45. The Balaban J connectivity index is 1.28. The molecule has 0 unspecified atom stereocenters. The van der Waals surface area contributed by atoms with Gasteiger partial charge < -0.3 is 24.8 Å². The van der Waals surface area contributed by atoms with E-state index in [-0.39, 0.29) is 6.04 Å². The Kier molecular flexibility index (Phi) is 8.48. The highest BCUT2D eigenvalue weighted by Crippen LogP contribution is 2.39. The molecule has 230 valence electrons. The number of rotatable bonds is 9. The van der Waals surface area contributed by atoms with Crippen LogP contribution in [0, 0.1) is 6.92 Å². The number of hydrogen-bond acceptors (Lipinski definition) is 8. The number of methoxy groups -OCH3 is 2. The number of benzene rings is 4. The molecule has 1 aromatic heterocycles. The van der Waals surface area contributed by atoms with Crippen LogP contribution in [0.4, 0.5) is 21.6 Å². The molecule has 2 heterocycles. The van der Waals surface area contributed by atoms with Crippen LogP contribution in [0.5, 0.6) is 23.0 Å². The number of fused-ring (bicyclic) bond motifs is 2. The molecular formula is C35H34FN5O4. The molecule has 1 atom stereocenters. The van der Waals surface area contributed by atoms with Crippen molar-refractivity contribution in [3.05, 3.63) is 90.5 Å². The summed E-state index contributed by atoms with van der Waals surface area (Å²) < 4.78 is 32.4. The lowest BCUT2D eigenvalue weighted by Crippen LogP contribution is -2.24. The summed E-state index contributed by atoms with van der Waals surface area (Å²) in [4.78, 5) is 23.7. The van der Waals surface area contributed by atoms with Crippen molar-refractivity contribution < 1.29 is 23.4 Å². The van der Waals surface area contributed by atoms with Gasteiger partial charge >= 0.3 is 0 Å². The fourth-order valence-corrected chi connectivity index (χ4v) is 5.55. The van der Waals surface area contributed by atoms with E-state index in [0.717, 1.165) is 35.7 Å². The normalized spacial score (nSPS) is 15.3. The van der Waals surface area contributed by atoms with E-state index in [4.69, 9.17) is 14.2 Å². The second-order valence-electron chi connectivity index (χ2n) is 11.0. The highest BCUT2D eigenvalue weighted by Gasteiger charge is 2.22. The number of likely N-dealkylation sites (N-methyl/N-ethyl adjacent to an activating group) is 1. The maximum absolute atomic E-state index is 14.9. The van der Waals surface area contributed by atoms with E-state index in [0.29, 0.717) is 51.1 Å². The van der Waals surface area contributed by atoms with E-state index < -0.39 is 11.7 Å². The molecule has 6 rings (SSSR count). The molecule has 0 radical (unpaired) electrons. The first-order valence-corrected chi connectivity index (χ1v) is 14.7. The number of carbonyl (C=O) groups is 1. The minimum Gasteiger partial charge on any atom is -0.494 e. The monoisotopic (exact) mass is 607 g/mol. The standard InChI is InChI=1S/C35H34FN5O4/c1-21-14-29(33(44-4)19-31(21)45-25-12-11-22-8-5-6-9-23(22)15-25)39-34-26-17-30(32(43-3)18-28(26)37-20-38-34)40-35(42)27(36)16-24-10-7-13-41(24)2/h5-6,8-9,11-12,14-20,24H,7,10,13H2,1-4H3,(H,40,42)(H,37,38,39)/b27-16-/t24-/m1/s1. The second-order valence-corrected chi connectivity index (χ2v) is 11.0. The summed E-state index contributed by atoms with van der Waals surface area (Å²) in [6.45, 7) is 2.82. The van der Waals surface area contributed by atoms with Crippen molar-refractivity contribution in [3.8, 4) is 23.0 Å². The number of carbonyl (C=O) groups excluding carboxylic acids is 1. The summed E-state index contributed by atoms with van der Waals surface area (Å²) in [5.41, 5.74) is 2.38. The summed E-state index contributed by atoms with van der Waals surface area (Å²) in [7, 11) is 4.98. The molecule has 10 heteroatoms. The van der Waals surface area contributed by atoms with Gasteiger partial charge in [-0.2, -0.15) is 0 Å². The lowest BCUT2D eigenvalue weighted by molar-refractivity contribution is -0.114. The Morgan fingerprint density at radius 3 is 2.49 bits per heavy atom. The zero-order valence-corrected chi connectivity index (χ0v) is 25.6. The molecule has 0 spiro atoms. The largest absolute Gasteiger partial charge is 0.494 e. The SMILES string of the molecule is COc1cc2ncnc(Nc3cc(C)c(Oc4ccc5ccccc5c4)cc3OC)c2cc1NC(=O)/C(F)=C/[C@H]1CCCN1C. The van der Waals surface area contributed by atoms with Gasteiger partial charge in [0, 0.05) is 23.6 Å². The molecule has 0 bridgehead atoms.